The molecule has 0 amide bonds. The van der Waals surface area contributed by atoms with E-state index in [9.17, 15) is 13.5 Å². The van der Waals surface area contributed by atoms with Crippen LogP contribution in [-0.4, -0.2) is 26.7 Å². The highest BCUT2D eigenvalue weighted by molar-refractivity contribution is 7.89. The van der Waals surface area contributed by atoms with Gasteiger partial charge in [0.1, 0.15) is 0 Å². The van der Waals surface area contributed by atoms with Crippen molar-refractivity contribution in [2.24, 2.45) is 5.41 Å². The van der Waals surface area contributed by atoms with E-state index in [4.69, 9.17) is 11.6 Å². The summed E-state index contributed by atoms with van der Waals surface area (Å²) >= 11 is 5.97. The van der Waals surface area contributed by atoms with Crippen molar-refractivity contribution >= 4 is 21.6 Å². The molecule has 0 heterocycles. The van der Waals surface area contributed by atoms with E-state index < -0.39 is 10.0 Å². The van der Waals surface area contributed by atoms with Crippen LogP contribution >= 0.6 is 11.6 Å². The molecule has 4 nitrogen and oxygen atoms in total. The van der Waals surface area contributed by atoms with Crippen LogP contribution in [0, 0.1) is 12.3 Å². The summed E-state index contributed by atoms with van der Waals surface area (Å²) < 4.78 is 27.1. The molecule has 0 saturated heterocycles. The highest BCUT2D eigenvalue weighted by atomic mass is 35.5. The van der Waals surface area contributed by atoms with E-state index in [1.807, 2.05) is 6.92 Å². The molecule has 0 aromatic heterocycles. The van der Waals surface area contributed by atoms with Gasteiger partial charge in [-0.3, -0.25) is 0 Å². The van der Waals surface area contributed by atoms with Gasteiger partial charge in [0.25, 0.3) is 0 Å². The quantitative estimate of drug-likeness (QED) is 0.876. The van der Waals surface area contributed by atoms with E-state index >= 15 is 0 Å². The Balaban J connectivity index is 2.13. The summed E-state index contributed by atoms with van der Waals surface area (Å²) in [6, 6.07) is 4.69. The summed E-state index contributed by atoms with van der Waals surface area (Å²) in [6.07, 6.45) is 3.80. The number of rotatable bonds is 5. The van der Waals surface area contributed by atoms with Crippen LogP contribution in [0.3, 0.4) is 0 Å². The maximum Gasteiger partial charge on any atom is 0.240 e. The fourth-order valence-corrected chi connectivity index (χ4v) is 4.02. The Bertz CT molecular complexity index is 580. The van der Waals surface area contributed by atoms with Crippen molar-refractivity contribution in [1.82, 2.24) is 4.72 Å². The smallest absolute Gasteiger partial charge is 0.240 e. The first-order chi connectivity index (χ1) is 9.38. The van der Waals surface area contributed by atoms with Gasteiger partial charge in [0, 0.05) is 23.6 Å². The summed E-state index contributed by atoms with van der Waals surface area (Å²) in [5.74, 6) is 0. The molecule has 0 bridgehead atoms. The maximum absolute atomic E-state index is 12.3. The largest absolute Gasteiger partial charge is 0.396 e. The third kappa shape index (κ3) is 3.34. The fraction of sp³-hybridized carbons (Fsp3) is 0.571. The Labute approximate surface area is 125 Å². The molecule has 1 fully saturated rings. The van der Waals surface area contributed by atoms with E-state index in [1.54, 1.807) is 12.1 Å². The fourth-order valence-electron chi connectivity index (χ4n) is 2.59. The lowest BCUT2D eigenvalue weighted by molar-refractivity contribution is 0.134. The van der Waals surface area contributed by atoms with Crippen molar-refractivity contribution in [3.05, 3.63) is 28.8 Å². The summed E-state index contributed by atoms with van der Waals surface area (Å²) in [6.45, 7) is 2.12. The monoisotopic (exact) mass is 317 g/mol. The van der Waals surface area contributed by atoms with Gasteiger partial charge in [0.05, 0.1) is 4.90 Å². The number of aliphatic hydroxyl groups excluding tert-OH is 1. The van der Waals surface area contributed by atoms with Crippen molar-refractivity contribution < 1.29 is 13.5 Å². The molecule has 0 aliphatic heterocycles. The molecule has 2 rings (SSSR count). The van der Waals surface area contributed by atoms with Crippen LogP contribution in [0.2, 0.25) is 5.02 Å². The van der Waals surface area contributed by atoms with Crippen molar-refractivity contribution in [3.8, 4) is 0 Å². The summed E-state index contributed by atoms with van der Waals surface area (Å²) in [4.78, 5) is 0.166. The first kappa shape index (κ1) is 15.8. The van der Waals surface area contributed by atoms with E-state index in [1.165, 1.54) is 6.07 Å². The normalized spacial score (nSPS) is 18.4. The van der Waals surface area contributed by atoms with E-state index in [-0.39, 0.29) is 23.5 Å². The molecule has 2 N–H and O–H groups in total. The highest BCUT2D eigenvalue weighted by Crippen LogP contribution is 2.37. The molecule has 0 radical (unpaired) electrons. The van der Waals surface area contributed by atoms with Gasteiger partial charge in [0.15, 0.2) is 0 Å². The van der Waals surface area contributed by atoms with Crippen molar-refractivity contribution in [2.45, 2.75) is 37.5 Å². The third-order valence-electron chi connectivity index (χ3n) is 4.09. The Hall–Kier alpha value is -0.620. The summed E-state index contributed by atoms with van der Waals surface area (Å²) in [5.41, 5.74) is 0.537. The molecule has 1 aromatic carbocycles. The number of benzene rings is 1. The van der Waals surface area contributed by atoms with Crippen molar-refractivity contribution in [2.75, 3.05) is 13.2 Å². The van der Waals surface area contributed by atoms with Gasteiger partial charge in [-0.15, -0.1) is 0 Å². The lowest BCUT2D eigenvalue weighted by atomic mass is 9.88. The van der Waals surface area contributed by atoms with Crippen LogP contribution in [0.1, 0.15) is 31.2 Å². The standard InChI is InChI=1S/C14H20ClNO3S/c1-11-4-5-12(8-13(11)15)20(18,19)16-9-14(10-17)6-2-3-7-14/h4-5,8,16-17H,2-3,6-7,9-10H2,1H3. The molecule has 1 aliphatic rings. The Kier molecular flexibility index (Phi) is 4.74. The molecule has 6 heteroatoms. The molecule has 0 atom stereocenters. The second-order valence-electron chi connectivity index (χ2n) is 5.60. The van der Waals surface area contributed by atoms with Gasteiger partial charge in [-0.1, -0.05) is 30.5 Å². The van der Waals surface area contributed by atoms with Gasteiger partial charge in [-0.05, 0) is 37.5 Å². The maximum atomic E-state index is 12.3. The molecule has 1 aliphatic carbocycles. The van der Waals surface area contributed by atoms with E-state index in [2.05, 4.69) is 4.72 Å². The number of aryl methyl sites for hydroxylation is 1. The molecule has 0 spiro atoms. The average Bonchev–Trinajstić information content (AvgIpc) is 2.89. The summed E-state index contributed by atoms with van der Waals surface area (Å²) in [7, 11) is -3.58. The predicted molar refractivity (Wildman–Crippen MR) is 79.4 cm³/mol. The number of aliphatic hydroxyl groups is 1. The van der Waals surface area contributed by atoms with Crippen molar-refractivity contribution in [1.29, 1.82) is 0 Å². The first-order valence-electron chi connectivity index (χ1n) is 6.75. The summed E-state index contributed by atoms with van der Waals surface area (Å²) in [5, 5.41) is 9.94. The lowest BCUT2D eigenvalue weighted by Crippen LogP contribution is -2.38. The van der Waals surface area contributed by atoms with Crippen LogP contribution in [0.15, 0.2) is 23.1 Å². The van der Waals surface area contributed by atoms with Gasteiger partial charge < -0.3 is 5.11 Å². The van der Waals surface area contributed by atoms with Crippen molar-refractivity contribution in [3.63, 3.8) is 0 Å². The van der Waals surface area contributed by atoms with Gasteiger partial charge in [-0.25, -0.2) is 13.1 Å². The number of hydrogen-bond donors (Lipinski definition) is 2. The van der Waals surface area contributed by atoms with Gasteiger partial charge >= 0.3 is 0 Å². The first-order valence-corrected chi connectivity index (χ1v) is 8.61. The zero-order valence-corrected chi connectivity index (χ0v) is 13.1. The Morgan fingerprint density at radius 2 is 2.00 bits per heavy atom. The van der Waals surface area contributed by atoms with E-state index in [0.717, 1.165) is 31.2 Å². The Morgan fingerprint density at radius 3 is 2.55 bits per heavy atom. The van der Waals surface area contributed by atoms with Crippen LogP contribution in [0.4, 0.5) is 0 Å². The number of halogens is 1. The minimum atomic E-state index is -3.58. The second-order valence-corrected chi connectivity index (χ2v) is 7.77. The van der Waals surface area contributed by atoms with E-state index in [0.29, 0.717) is 5.02 Å². The zero-order valence-electron chi connectivity index (χ0n) is 11.5. The topological polar surface area (TPSA) is 66.4 Å². The van der Waals surface area contributed by atoms with Gasteiger partial charge in [-0.2, -0.15) is 0 Å². The Morgan fingerprint density at radius 1 is 1.35 bits per heavy atom. The number of nitrogens with one attached hydrogen (secondary N) is 1. The molecule has 1 saturated carbocycles. The van der Waals surface area contributed by atoms with Crippen LogP contribution in [-0.2, 0) is 10.0 Å². The van der Waals surface area contributed by atoms with Crippen LogP contribution < -0.4 is 4.72 Å². The number of hydrogen-bond acceptors (Lipinski definition) is 3. The average molecular weight is 318 g/mol. The van der Waals surface area contributed by atoms with Crippen LogP contribution in [0.5, 0.6) is 0 Å². The SMILES string of the molecule is Cc1ccc(S(=O)(=O)NCC2(CO)CCCC2)cc1Cl. The molecule has 0 unspecified atom stereocenters. The van der Waals surface area contributed by atoms with Gasteiger partial charge in [0.2, 0.25) is 10.0 Å². The number of sulfonamides is 1. The molecule has 112 valence electrons. The lowest BCUT2D eigenvalue weighted by Gasteiger charge is -2.26. The van der Waals surface area contributed by atoms with Crippen LogP contribution in [0.25, 0.3) is 0 Å². The minimum absolute atomic E-state index is 0.0180. The predicted octanol–water partition coefficient (Wildman–Crippen LogP) is 2.48. The molecule has 1 aromatic rings. The minimum Gasteiger partial charge on any atom is -0.396 e. The highest BCUT2D eigenvalue weighted by Gasteiger charge is 2.34. The molecular formula is C14H20ClNO3S. The molecule has 20 heavy (non-hydrogen) atoms. The third-order valence-corrected chi connectivity index (χ3v) is 5.90. The molecular weight excluding hydrogens is 298 g/mol. The second kappa shape index (κ2) is 6.02. The zero-order chi connectivity index (χ0) is 14.8.